The summed E-state index contributed by atoms with van der Waals surface area (Å²) < 4.78 is 15.1. The van der Waals surface area contributed by atoms with E-state index in [2.05, 4.69) is 51.3 Å². The van der Waals surface area contributed by atoms with Gasteiger partial charge in [0.25, 0.3) is 0 Å². The SMILES string of the molecule is CC(C)(C)c1nc(N2CCOCC2)[se]c1C1=C(O)C(c2[se]c(N3CCOCC3)nc2C(C)(C)C)C1=O. The minimum atomic E-state index is -0.575. The molecule has 1 atom stereocenters. The number of morpholine rings is 2. The number of ketones is 1. The van der Waals surface area contributed by atoms with E-state index in [9.17, 15) is 9.90 Å². The number of Topliss-reactive ketones (excluding diaryl/α,β-unsaturated/α-hetero) is 1. The first-order valence-corrected chi connectivity index (χ1v) is 16.0. The number of carbonyl (C=O) groups is 1. The molecule has 1 N–H and O–H groups in total. The third kappa shape index (κ3) is 4.77. The molecular formula is C26H36N4O4Se2. The van der Waals surface area contributed by atoms with Gasteiger partial charge in [-0.3, -0.25) is 0 Å². The van der Waals surface area contributed by atoms with Crippen LogP contribution in [0.1, 0.15) is 67.7 Å². The van der Waals surface area contributed by atoms with Crippen LogP contribution in [0.25, 0.3) is 5.57 Å². The van der Waals surface area contributed by atoms with Gasteiger partial charge < -0.3 is 0 Å². The molecule has 8 nitrogen and oxygen atoms in total. The van der Waals surface area contributed by atoms with Crippen molar-refractivity contribution in [2.75, 3.05) is 62.4 Å². The zero-order chi connectivity index (χ0) is 25.8. The summed E-state index contributed by atoms with van der Waals surface area (Å²) in [5.74, 6) is -0.329. The average molecular weight is 627 g/mol. The number of aliphatic hydroxyl groups is 1. The molecule has 0 aromatic carbocycles. The van der Waals surface area contributed by atoms with Gasteiger partial charge in [0.15, 0.2) is 0 Å². The molecule has 0 saturated carbocycles. The third-order valence-electron chi connectivity index (χ3n) is 6.77. The van der Waals surface area contributed by atoms with Crippen LogP contribution < -0.4 is 9.80 Å². The van der Waals surface area contributed by atoms with E-state index in [1.54, 1.807) is 0 Å². The zero-order valence-electron chi connectivity index (χ0n) is 22.0. The van der Waals surface area contributed by atoms with Crippen molar-refractivity contribution in [1.82, 2.24) is 9.97 Å². The van der Waals surface area contributed by atoms with E-state index in [-0.39, 0.29) is 51.4 Å². The molecule has 2 saturated heterocycles. The van der Waals surface area contributed by atoms with Crippen LogP contribution in [0.15, 0.2) is 5.76 Å². The van der Waals surface area contributed by atoms with Crippen molar-refractivity contribution in [2.24, 2.45) is 0 Å². The van der Waals surface area contributed by atoms with Crippen molar-refractivity contribution >= 4 is 49.7 Å². The summed E-state index contributed by atoms with van der Waals surface area (Å²) in [5.41, 5.74) is 1.98. The van der Waals surface area contributed by atoms with Crippen LogP contribution in [-0.4, -0.2) is 102 Å². The Morgan fingerprint density at radius 3 is 1.75 bits per heavy atom. The standard InChI is InChI=1S/C26H36N4O4Se2/c1-25(2,3)21-19(35-23(27-21)29-7-11-33-12-8-29)15-17(31)16(18(15)32)20-22(26(4,5)6)28-24(36-20)30-9-13-34-14-10-30/h15,31H,7-14H2,1-6H3. The molecule has 36 heavy (non-hydrogen) atoms. The molecule has 2 aliphatic heterocycles. The van der Waals surface area contributed by atoms with Crippen LogP contribution >= 0.6 is 0 Å². The maximum atomic E-state index is 13.8. The molecular weight excluding hydrogens is 590 g/mol. The second-order valence-corrected chi connectivity index (χ2v) is 15.8. The molecule has 2 fully saturated rings. The van der Waals surface area contributed by atoms with Gasteiger partial charge in [-0.05, 0) is 0 Å². The predicted octanol–water partition coefficient (Wildman–Crippen LogP) is 2.49. The van der Waals surface area contributed by atoms with Crippen molar-refractivity contribution in [2.45, 2.75) is 58.3 Å². The van der Waals surface area contributed by atoms with Gasteiger partial charge in [-0.25, -0.2) is 0 Å². The Hall–Kier alpha value is -1.41. The topological polar surface area (TPSA) is 88.0 Å². The summed E-state index contributed by atoms with van der Waals surface area (Å²) in [6, 6.07) is 0. The summed E-state index contributed by atoms with van der Waals surface area (Å²) in [7, 11) is 0. The number of rotatable bonds is 4. The van der Waals surface area contributed by atoms with Crippen LogP contribution in [0.2, 0.25) is 0 Å². The van der Waals surface area contributed by atoms with Crippen LogP contribution in [-0.2, 0) is 25.1 Å². The number of carbonyl (C=O) groups excluding carboxylic acids is 1. The fraction of sp³-hybridized carbons (Fsp3) is 0.654. The van der Waals surface area contributed by atoms with E-state index in [1.807, 2.05) is 0 Å². The van der Waals surface area contributed by atoms with Crippen molar-refractivity contribution in [3.05, 3.63) is 26.0 Å². The normalized spacial score (nSPS) is 21.8. The van der Waals surface area contributed by atoms with Gasteiger partial charge >= 0.3 is 226 Å². The van der Waals surface area contributed by atoms with Gasteiger partial charge in [-0.1, -0.05) is 0 Å². The fourth-order valence-corrected chi connectivity index (χ4v) is 10.7. The van der Waals surface area contributed by atoms with Gasteiger partial charge in [0.05, 0.1) is 0 Å². The van der Waals surface area contributed by atoms with Gasteiger partial charge in [-0.2, -0.15) is 0 Å². The predicted molar refractivity (Wildman–Crippen MR) is 143 cm³/mol. The van der Waals surface area contributed by atoms with Crippen molar-refractivity contribution in [3.63, 3.8) is 0 Å². The van der Waals surface area contributed by atoms with Crippen molar-refractivity contribution in [3.8, 4) is 0 Å². The Balaban J connectivity index is 1.54. The number of allylic oxidation sites excluding steroid dienone is 2. The summed E-state index contributed by atoms with van der Waals surface area (Å²) in [5, 5.41) is 11.5. The summed E-state index contributed by atoms with van der Waals surface area (Å²) in [6.45, 7) is 18.9. The summed E-state index contributed by atoms with van der Waals surface area (Å²) in [4.78, 5) is 28.5. The molecule has 5 rings (SSSR count). The second kappa shape index (κ2) is 9.72. The Morgan fingerprint density at radius 2 is 1.28 bits per heavy atom. The van der Waals surface area contributed by atoms with Crippen LogP contribution in [0.4, 0.5) is 9.38 Å². The molecule has 1 aliphatic carbocycles. The van der Waals surface area contributed by atoms with Crippen LogP contribution in [0.5, 0.6) is 0 Å². The van der Waals surface area contributed by atoms with Gasteiger partial charge in [0.1, 0.15) is 0 Å². The molecule has 2 aromatic rings. The molecule has 0 radical (unpaired) electrons. The Labute approximate surface area is 225 Å². The first kappa shape index (κ1) is 26.2. The molecule has 2 aromatic heterocycles. The van der Waals surface area contributed by atoms with Gasteiger partial charge in [0, 0.05) is 0 Å². The van der Waals surface area contributed by atoms with Gasteiger partial charge in [0.2, 0.25) is 0 Å². The van der Waals surface area contributed by atoms with E-state index in [0.29, 0.717) is 32.0 Å². The number of hydrogen-bond donors (Lipinski definition) is 1. The van der Waals surface area contributed by atoms with Crippen LogP contribution in [0.3, 0.4) is 0 Å². The van der Waals surface area contributed by atoms with E-state index >= 15 is 0 Å². The molecule has 0 spiro atoms. The van der Waals surface area contributed by atoms with E-state index < -0.39 is 5.92 Å². The zero-order valence-corrected chi connectivity index (χ0v) is 25.4. The molecule has 1 unspecified atom stereocenters. The first-order valence-electron chi connectivity index (χ1n) is 12.6. The minimum absolute atomic E-state index is 0.0293. The molecule has 196 valence electrons. The van der Waals surface area contributed by atoms with Crippen molar-refractivity contribution < 1.29 is 19.4 Å². The Kier molecular flexibility index (Phi) is 7.07. The van der Waals surface area contributed by atoms with Crippen LogP contribution in [0, 0.1) is 0 Å². The first-order chi connectivity index (χ1) is 17.0. The number of hydrogen-bond acceptors (Lipinski definition) is 8. The number of aromatic nitrogens is 2. The van der Waals surface area contributed by atoms with Gasteiger partial charge in [-0.15, -0.1) is 0 Å². The molecule has 4 heterocycles. The Bertz CT molecular complexity index is 1180. The van der Waals surface area contributed by atoms with E-state index in [1.165, 1.54) is 0 Å². The monoisotopic (exact) mass is 628 g/mol. The molecule has 10 heteroatoms. The van der Waals surface area contributed by atoms with E-state index in [0.717, 1.165) is 55.8 Å². The summed E-state index contributed by atoms with van der Waals surface area (Å²) >= 11 is -0.223. The molecule has 3 aliphatic rings. The third-order valence-corrected chi connectivity index (χ3v) is 11.6. The molecule has 0 amide bonds. The average Bonchev–Trinajstić information content (AvgIpc) is 3.46. The quantitative estimate of drug-likeness (QED) is 0.519. The second-order valence-electron chi connectivity index (χ2n) is 11.6. The van der Waals surface area contributed by atoms with Crippen molar-refractivity contribution in [1.29, 1.82) is 0 Å². The molecule has 0 bridgehead atoms. The van der Waals surface area contributed by atoms with E-state index in [4.69, 9.17) is 19.4 Å². The number of anilines is 2. The summed E-state index contributed by atoms with van der Waals surface area (Å²) in [6.07, 6.45) is 0. The Morgan fingerprint density at radius 1 is 0.806 bits per heavy atom. The number of ether oxygens (including phenoxy) is 2. The number of nitrogens with zero attached hydrogens (tertiary/aromatic N) is 4. The maximum absolute atomic E-state index is 13.8. The number of aliphatic hydroxyl groups excluding tert-OH is 1. The fourth-order valence-electron chi connectivity index (χ4n) is 4.75.